The molecule has 1 aromatic heterocycles. The van der Waals surface area contributed by atoms with Crippen molar-refractivity contribution >= 4 is 16.6 Å². The van der Waals surface area contributed by atoms with E-state index in [0.717, 1.165) is 27.7 Å². The molecule has 2 aromatic carbocycles. The summed E-state index contributed by atoms with van der Waals surface area (Å²) in [5, 5.41) is 12.0. The van der Waals surface area contributed by atoms with Crippen LogP contribution in [0.1, 0.15) is 11.6 Å². The molecule has 1 aliphatic carbocycles. The summed E-state index contributed by atoms with van der Waals surface area (Å²) in [5.41, 5.74) is 3.82. The van der Waals surface area contributed by atoms with E-state index >= 15 is 0 Å². The molecule has 0 bridgehead atoms. The molecule has 0 spiro atoms. The molecule has 3 aromatic rings. The van der Waals surface area contributed by atoms with E-state index in [0.29, 0.717) is 0 Å². The van der Waals surface area contributed by atoms with Gasteiger partial charge in [-0.05, 0) is 29.3 Å². The Labute approximate surface area is 138 Å². The maximum Gasteiger partial charge on any atom is 0.270 e. The fourth-order valence-corrected chi connectivity index (χ4v) is 2.93. The molecular formula is C20H14N2O2. The first-order valence-corrected chi connectivity index (χ1v) is 7.71. The van der Waals surface area contributed by atoms with Crippen LogP contribution in [0.2, 0.25) is 0 Å². The van der Waals surface area contributed by atoms with E-state index in [4.69, 9.17) is 4.98 Å². The van der Waals surface area contributed by atoms with Crippen LogP contribution in [0, 0.1) is 10.1 Å². The van der Waals surface area contributed by atoms with E-state index in [1.165, 1.54) is 6.07 Å². The smallest absolute Gasteiger partial charge is 0.258 e. The highest BCUT2D eigenvalue weighted by Crippen LogP contribution is 2.28. The molecule has 4 heteroatoms. The molecule has 0 aliphatic heterocycles. The number of nitro groups is 1. The predicted octanol–water partition coefficient (Wildman–Crippen LogP) is 5.02. The highest BCUT2D eigenvalue weighted by Gasteiger charge is 2.11. The van der Waals surface area contributed by atoms with Gasteiger partial charge in [-0.2, -0.15) is 0 Å². The average molecular weight is 314 g/mol. The molecular weight excluding hydrogens is 300 g/mol. The fourth-order valence-electron chi connectivity index (χ4n) is 2.93. The molecule has 1 heterocycles. The number of nitro benzene ring substituents is 1. The van der Waals surface area contributed by atoms with Gasteiger partial charge in [-0.15, -0.1) is 0 Å². The van der Waals surface area contributed by atoms with Gasteiger partial charge in [0.05, 0.1) is 16.1 Å². The van der Waals surface area contributed by atoms with Crippen molar-refractivity contribution in [2.45, 2.75) is 5.92 Å². The number of benzene rings is 2. The third kappa shape index (κ3) is 2.58. The van der Waals surface area contributed by atoms with Crippen LogP contribution in [0.4, 0.5) is 5.69 Å². The van der Waals surface area contributed by atoms with Gasteiger partial charge in [-0.3, -0.25) is 15.1 Å². The minimum Gasteiger partial charge on any atom is -0.258 e. The molecule has 0 saturated carbocycles. The van der Waals surface area contributed by atoms with Crippen molar-refractivity contribution in [3.05, 3.63) is 94.7 Å². The zero-order chi connectivity index (χ0) is 16.5. The Morgan fingerprint density at radius 1 is 0.917 bits per heavy atom. The second kappa shape index (κ2) is 5.74. The van der Waals surface area contributed by atoms with E-state index in [-0.39, 0.29) is 16.5 Å². The van der Waals surface area contributed by atoms with Crippen LogP contribution in [-0.4, -0.2) is 9.91 Å². The summed E-state index contributed by atoms with van der Waals surface area (Å²) >= 11 is 0. The molecule has 0 unspecified atom stereocenters. The molecule has 1 aliphatic rings. The average Bonchev–Trinajstić information content (AvgIpc) is 3.15. The van der Waals surface area contributed by atoms with Gasteiger partial charge in [0.2, 0.25) is 0 Å². The van der Waals surface area contributed by atoms with Gasteiger partial charge in [0.15, 0.2) is 0 Å². The number of fused-ring (bicyclic) bond motifs is 1. The van der Waals surface area contributed by atoms with Crippen LogP contribution >= 0.6 is 0 Å². The van der Waals surface area contributed by atoms with E-state index in [1.54, 1.807) is 12.1 Å². The molecule has 116 valence electrons. The number of aromatic nitrogens is 1. The van der Waals surface area contributed by atoms with E-state index < -0.39 is 0 Å². The Bertz CT molecular complexity index is 993. The maximum absolute atomic E-state index is 10.9. The van der Waals surface area contributed by atoms with Gasteiger partial charge in [0.1, 0.15) is 0 Å². The third-order valence-electron chi connectivity index (χ3n) is 4.19. The Balaban J connectivity index is 1.74. The van der Waals surface area contributed by atoms with Gasteiger partial charge in [-0.25, -0.2) is 0 Å². The number of hydrogen-bond acceptors (Lipinski definition) is 3. The third-order valence-corrected chi connectivity index (χ3v) is 4.19. The van der Waals surface area contributed by atoms with Crippen LogP contribution in [0.3, 0.4) is 0 Å². The molecule has 0 radical (unpaired) electrons. The summed E-state index contributed by atoms with van der Waals surface area (Å²) in [6, 6.07) is 16.7. The van der Waals surface area contributed by atoms with E-state index in [1.807, 2.05) is 42.5 Å². The summed E-state index contributed by atoms with van der Waals surface area (Å²) in [6.45, 7) is 0. The standard InChI is InChI=1S/C20H14N2O2/c23-22(24)18-7-3-6-15(13-18)16-8-10-20-17(12-16)9-11-19(21-20)14-4-1-2-5-14/h1-14H. The molecule has 0 fully saturated rings. The Morgan fingerprint density at radius 3 is 2.50 bits per heavy atom. The highest BCUT2D eigenvalue weighted by atomic mass is 16.6. The minimum atomic E-state index is -0.374. The second-order valence-electron chi connectivity index (χ2n) is 5.75. The van der Waals surface area contributed by atoms with E-state index in [9.17, 15) is 10.1 Å². The number of nitrogens with zero attached hydrogens (tertiary/aromatic N) is 2. The van der Waals surface area contributed by atoms with Crippen molar-refractivity contribution in [3.63, 3.8) is 0 Å². The first-order chi connectivity index (χ1) is 11.7. The van der Waals surface area contributed by atoms with Crippen LogP contribution < -0.4 is 0 Å². The van der Waals surface area contributed by atoms with Crippen LogP contribution in [0.25, 0.3) is 22.0 Å². The molecule has 4 rings (SSSR count). The van der Waals surface area contributed by atoms with Crippen LogP contribution in [-0.2, 0) is 0 Å². The minimum absolute atomic E-state index is 0.0980. The van der Waals surface area contributed by atoms with Gasteiger partial charge in [-0.1, -0.05) is 48.6 Å². The first-order valence-electron chi connectivity index (χ1n) is 7.71. The number of hydrogen-bond donors (Lipinski definition) is 0. The zero-order valence-electron chi connectivity index (χ0n) is 12.8. The first kappa shape index (κ1) is 14.3. The summed E-state index contributed by atoms with van der Waals surface area (Å²) in [7, 11) is 0. The summed E-state index contributed by atoms with van der Waals surface area (Å²) < 4.78 is 0. The SMILES string of the molecule is O=[N+]([O-])c1cccc(-c2ccc3nc(C4C=CC=C4)ccc3c2)c1. The lowest BCUT2D eigenvalue weighted by atomic mass is 10.0. The van der Waals surface area contributed by atoms with Crippen molar-refractivity contribution in [2.75, 3.05) is 0 Å². The van der Waals surface area contributed by atoms with Crippen molar-refractivity contribution in [1.82, 2.24) is 4.98 Å². The lowest BCUT2D eigenvalue weighted by Gasteiger charge is -2.08. The number of allylic oxidation sites excluding steroid dienone is 4. The lowest BCUT2D eigenvalue weighted by molar-refractivity contribution is -0.384. The van der Waals surface area contributed by atoms with Crippen molar-refractivity contribution < 1.29 is 4.92 Å². The topological polar surface area (TPSA) is 56.0 Å². The summed E-state index contributed by atoms with van der Waals surface area (Å²) in [5.74, 6) is 0.242. The molecule has 0 N–H and O–H groups in total. The van der Waals surface area contributed by atoms with Crippen molar-refractivity contribution in [3.8, 4) is 11.1 Å². The molecule has 0 amide bonds. The molecule has 4 nitrogen and oxygen atoms in total. The van der Waals surface area contributed by atoms with Gasteiger partial charge in [0, 0.05) is 23.4 Å². The van der Waals surface area contributed by atoms with Crippen molar-refractivity contribution in [1.29, 1.82) is 0 Å². The van der Waals surface area contributed by atoms with Crippen LogP contribution in [0.15, 0.2) is 78.9 Å². The van der Waals surface area contributed by atoms with Gasteiger partial charge >= 0.3 is 0 Å². The summed E-state index contributed by atoms with van der Waals surface area (Å²) in [4.78, 5) is 15.3. The fraction of sp³-hybridized carbons (Fsp3) is 0.0500. The maximum atomic E-state index is 10.9. The monoisotopic (exact) mass is 314 g/mol. The zero-order valence-corrected chi connectivity index (χ0v) is 12.8. The largest absolute Gasteiger partial charge is 0.270 e. The molecule has 0 atom stereocenters. The van der Waals surface area contributed by atoms with E-state index in [2.05, 4.69) is 18.2 Å². The molecule has 24 heavy (non-hydrogen) atoms. The summed E-state index contributed by atoms with van der Waals surface area (Å²) in [6.07, 6.45) is 8.29. The second-order valence-corrected chi connectivity index (χ2v) is 5.75. The van der Waals surface area contributed by atoms with Crippen LogP contribution in [0.5, 0.6) is 0 Å². The number of pyridine rings is 1. The number of non-ortho nitro benzene ring substituents is 1. The Kier molecular flexibility index (Phi) is 3.43. The van der Waals surface area contributed by atoms with Gasteiger partial charge in [0.25, 0.3) is 5.69 Å². The Morgan fingerprint density at radius 2 is 1.71 bits per heavy atom. The number of rotatable bonds is 3. The Hall–Kier alpha value is -3.27. The predicted molar refractivity (Wildman–Crippen MR) is 94.9 cm³/mol. The molecule has 0 saturated heterocycles. The van der Waals surface area contributed by atoms with Gasteiger partial charge < -0.3 is 0 Å². The lowest BCUT2D eigenvalue weighted by Crippen LogP contribution is -1.94. The normalized spacial score (nSPS) is 13.7. The highest BCUT2D eigenvalue weighted by molar-refractivity contribution is 5.85. The van der Waals surface area contributed by atoms with Crippen molar-refractivity contribution in [2.24, 2.45) is 0 Å². The quantitative estimate of drug-likeness (QED) is 0.504.